The number of benzene rings is 1. The molecule has 2 aromatic rings. The molecule has 1 aromatic heterocycles. The van der Waals surface area contributed by atoms with Gasteiger partial charge in [-0.05, 0) is 30.4 Å². The summed E-state index contributed by atoms with van der Waals surface area (Å²) < 4.78 is 14.2. The van der Waals surface area contributed by atoms with Gasteiger partial charge < -0.3 is 16.0 Å². The summed E-state index contributed by atoms with van der Waals surface area (Å²) in [5.74, 6) is -0.741. The predicted octanol–water partition coefficient (Wildman–Crippen LogP) is 4.03. The third-order valence-electron chi connectivity index (χ3n) is 5.81. The molecule has 32 heavy (non-hydrogen) atoms. The lowest BCUT2D eigenvalue weighted by Crippen LogP contribution is -2.55. The van der Waals surface area contributed by atoms with E-state index in [1.54, 1.807) is 11.3 Å². The van der Waals surface area contributed by atoms with Crippen molar-refractivity contribution in [2.45, 2.75) is 65.3 Å². The zero-order valence-corrected chi connectivity index (χ0v) is 20.7. The number of halogens is 2. The molecule has 4 atom stereocenters. The molecule has 6 nitrogen and oxygen atoms in total. The SMILES string of the molecule is Cc1ncsc1-c1ccc([C@H](C)NC(=O)[C@@H]2C[C@H](F)CN2C(=O)[C@@H](N)C(C)(C)C)cc1.Cl. The first kappa shape index (κ1) is 26.2. The number of carbonyl (C=O) groups excluding carboxylic acids is 2. The van der Waals surface area contributed by atoms with E-state index in [4.69, 9.17) is 5.73 Å². The highest BCUT2D eigenvalue weighted by molar-refractivity contribution is 7.13. The highest BCUT2D eigenvalue weighted by Crippen LogP contribution is 2.29. The number of nitrogens with two attached hydrogens (primary N) is 1. The van der Waals surface area contributed by atoms with Crippen molar-refractivity contribution in [3.05, 3.63) is 41.0 Å². The minimum absolute atomic E-state index is 0. The van der Waals surface area contributed by atoms with Crippen LogP contribution >= 0.6 is 23.7 Å². The van der Waals surface area contributed by atoms with Crippen LogP contribution in [0.4, 0.5) is 4.39 Å². The fourth-order valence-electron chi connectivity index (χ4n) is 3.72. The maximum absolute atomic E-state index is 14.2. The monoisotopic (exact) mass is 482 g/mol. The standard InChI is InChI=1S/C23H31FN4O2S.ClH/c1-13(15-6-8-16(9-7-15)19-14(2)26-12-31-19)27-21(29)18-10-17(24)11-28(18)22(30)20(25)23(3,4)5;/h6-9,12-13,17-18,20H,10-11,25H2,1-5H3,(H,27,29);1H/t13-,17-,18-,20+;/m0./s1. The molecule has 0 unspecified atom stereocenters. The average Bonchev–Trinajstić information content (AvgIpc) is 3.31. The third-order valence-corrected chi connectivity index (χ3v) is 6.79. The fourth-order valence-corrected chi connectivity index (χ4v) is 4.53. The van der Waals surface area contributed by atoms with Gasteiger partial charge >= 0.3 is 0 Å². The summed E-state index contributed by atoms with van der Waals surface area (Å²) in [6.45, 7) is 9.31. The summed E-state index contributed by atoms with van der Waals surface area (Å²) >= 11 is 1.59. The fraction of sp³-hybridized carbons (Fsp3) is 0.522. The maximum Gasteiger partial charge on any atom is 0.243 e. The Morgan fingerprint density at radius 2 is 1.91 bits per heavy atom. The van der Waals surface area contributed by atoms with Gasteiger partial charge in [0.25, 0.3) is 0 Å². The lowest BCUT2D eigenvalue weighted by atomic mass is 9.86. The van der Waals surface area contributed by atoms with Gasteiger partial charge in [-0.15, -0.1) is 23.7 Å². The van der Waals surface area contributed by atoms with E-state index in [-0.39, 0.29) is 43.2 Å². The normalized spacial score (nSPS) is 20.4. The van der Waals surface area contributed by atoms with Crippen LogP contribution in [0.5, 0.6) is 0 Å². The number of amides is 2. The van der Waals surface area contributed by atoms with Crippen LogP contribution in [0.3, 0.4) is 0 Å². The highest BCUT2D eigenvalue weighted by Gasteiger charge is 2.43. The number of aryl methyl sites for hydroxylation is 1. The first-order chi connectivity index (χ1) is 14.5. The zero-order chi connectivity index (χ0) is 22.9. The Kier molecular flexibility index (Phi) is 8.42. The number of nitrogens with zero attached hydrogens (tertiary/aromatic N) is 2. The number of nitrogens with one attached hydrogen (secondary N) is 1. The van der Waals surface area contributed by atoms with Gasteiger partial charge in [0, 0.05) is 6.42 Å². The predicted molar refractivity (Wildman–Crippen MR) is 129 cm³/mol. The van der Waals surface area contributed by atoms with Crippen molar-refractivity contribution in [2.75, 3.05) is 6.54 Å². The minimum Gasteiger partial charge on any atom is -0.348 e. The van der Waals surface area contributed by atoms with E-state index in [9.17, 15) is 14.0 Å². The van der Waals surface area contributed by atoms with Crippen molar-refractivity contribution < 1.29 is 14.0 Å². The molecule has 3 rings (SSSR count). The topological polar surface area (TPSA) is 88.3 Å². The smallest absolute Gasteiger partial charge is 0.243 e. The first-order valence-electron chi connectivity index (χ1n) is 10.5. The number of alkyl halides is 1. The van der Waals surface area contributed by atoms with Gasteiger partial charge in [0.2, 0.25) is 11.8 Å². The minimum atomic E-state index is -1.23. The van der Waals surface area contributed by atoms with Crippen molar-refractivity contribution in [1.82, 2.24) is 15.2 Å². The van der Waals surface area contributed by atoms with E-state index in [0.29, 0.717) is 0 Å². The number of hydrogen-bond acceptors (Lipinski definition) is 5. The molecule has 2 heterocycles. The van der Waals surface area contributed by atoms with E-state index in [0.717, 1.165) is 21.7 Å². The van der Waals surface area contributed by atoms with E-state index in [1.807, 2.05) is 64.4 Å². The van der Waals surface area contributed by atoms with Crippen LogP contribution < -0.4 is 11.1 Å². The quantitative estimate of drug-likeness (QED) is 0.673. The van der Waals surface area contributed by atoms with Gasteiger partial charge in [-0.2, -0.15) is 0 Å². The maximum atomic E-state index is 14.2. The van der Waals surface area contributed by atoms with Crippen LogP contribution in [-0.2, 0) is 9.59 Å². The second-order valence-corrected chi connectivity index (χ2v) is 10.2. The molecule has 0 bridgehead atoms. The van der Waals surface area contributed by atoms with Gasteiger partial charge in [0.05, 0.1) is 34.7 Å². The molecule has 1 aliphatic rings. The van der Waals surface area contributed by atoms with E-state index >= 15 is 0 Å². The number of carbonyl (C=O) groups is 2. The Morgan fingerprint density at radius 3 is 2.44 bits per heavy atom. The zero-order valence-electron chi connectivity index (χ0n) is 19.1. The summed E-state index contributed by atoms with van der Waals surface area (Å²) in [6, 6.07) is 6.00. The summed E-state index contributed by atoms with van der Waals surface area (Å²) in [6.07, 6.45) is -1.24. The molecule has 1 aromatic carbocycles. The second kappa shape index (κ2) is 10.3. The lowest BCUT2D eigenvalue weighted by molar-refractivity contribution is -0.141. The molecule has 0 aliphatic carbocycles. The molecular weight excluding hydrogens is 451 g/mol. The summed E-state index contributed by atoms with van der Waals surface area (Å²) in [5, 5.41) is 2.94. The van der Waals surface area contributed by atoms with Gasteiger partial charge in [0.1, 0.15) is 12.2 Å². The number of thiazole rings is 1. The summed E-state index contributed by atoms with van der Waals surface area (Å²) in [4.78, 5) is 32.5. The number of hydrogen-bond donors (Lipinski definition) is 2. The highest BCUT2D eigenvalue weighted by atomic mass is 35.5. The second-order valence-electron chi connectivity index (χ2n) is 9.30. The molecule has 9 heteroatoms. The van der Waals surface area contributed by atoms with Gasteiger partial charge in [-0.3, -0.25) is 9.59 Å². The van der Waals surface area contributed by atoms with Gasteiger partial charge in [-0.25, -0.2) is 9.37 Å². The lowest BCUT2D eigenvalue weighted by Gasteiger charge is -2.32. The molecule has 0 saturated carbocycles. The van der Waals surface area contributed by atoms with E-state index < -0.39 is 23.7 Å². The van der Waals surface area contributed by atoms with Crippen LogP contribution in [0.2, 0.25) is 0 Å². The Morgan fingerprint density at radius 1 is 1.28 bits per heavy atom. The van der Waals surface area contributed by atoms with Gasteiger partial charge in [-0.1, -0.05) is 45.0 Å². The number of rotatable bonds is 5. The molecule has 0 radical (unpaired) electrons. The van der Waals surface area contributed by atoms with E-state index in [2.05, 4.69) is 10.3 Å². The average molecular weight is 483 g/mol. The van der Waals surface area contributed by atoms with Crippen molar-refractivity contribution in [2.24, 2.45) is 11.1 Å². The Hall–Kier alpha value is -2.03. The van der Waals surface area contributed by atoms with Crippen LogP contribution in [0, 0.1) is 12.3 Å². The Bertz CT molecular complexity index is 944. The molecule has 2 amide bonds. The molecule has 1 saturated heterocycles. The van der Waals surface area contributed by atoms with Crippen LogP contribution in [0.1, 0.15) is 51.4 Å². The summed E-state index contributed by atoms with van der Waals surface area (Å²) in [5.41, 5.74) is 10.4. The third kappa shape index (κ3) is 5.66. The summed E-state index contributed by atoms with van der Waals surface area (Å²) in [7, 11) is 0. The van der Waals surface area contributed by atoms with Gasteiger partial charge in [0.15, 0.2) is 0 Å². The van der Waals surface area contributed by atoms with Crippen molar-refractivity contribution in [3.8, 4) is 10.4 Å². The van der Waals surface area contributed by atoms with Crippen molar-refractivity contribution >= 4 is 35.6 Å². The number of likely N-dealkylation sites (tertiary alicyclic amines) is 1. The van der Waals surface area contributed by atoms with Crippen LogP contribution in [0.15, 0.2) is 29.8 Å². The molecular formula is C23H32ClFN4O2S. The van der Waals surface area contributed by atoms with Crippen LogP contribution in [-0.4, -0.2) is 46.5 Å². The Balaban J connectivity index is 0.00000363. The molecule has 1 fully saturated rings. The molecule has 1 aliphatic heterocycles. The first-order valence-corrected chi connectivity index (χ1v) is 11.4. The Labute approximate surface area is 199 Å². The number of aromatic nitrogens is 1. The van der Waals surface area contributed by atoms with Crippen molar-refractivity contribution in [3.63, 3.8) is 0 Å². The molecule has 0 spiro atoms. The largest absolute Gasteiger partial charge is 0.348 e. The molecule has 176 valence electrons. The van der Waals surface area contributed by atoms with Crippen LogP contribution in [0.25, 0.3) is 10.4 Å². The van der Waals surface area contributed by atoms with Crippen molar-refractivity contribution in [1.29, 1.82) is 0 Å². The molecule has 3 N–H and O–H groups in total. The van der Waals surface area contributed by atoms with E-state index in [1.165, 1.54) is 4.90 Å².